The van der Waals surface area contributed by atoms with Gasteiger partial charge in [0.1, 0.15) is 12.4 Å². The van der Waals surface area contributed by atoms with Crippen LogP contribution in [0, 0.1) is 0 Å². The van der Waals surface area contributed by atoms with Crippen LogP contribution in [0.25, 0.3) is 0 Å². The Bertz CT molecular complexity index is 805. The van der Waals surface area contributed by atoms with Gasteiger partial charge in [0.05, 0.1) is 13.0 Å². The third kappa shape index (κ3) is 4.91. The average molecular weight is 380 g/mol. The Morgan fingerprint density at radius 3 is 2.50 bits per heavy atom. The van der Waals surface area contributed by atoms with E-state index in [0.29, 0.717) is 19.8 Å². The highest BCUT2D eigenvalue weighted by Crippen LogP contribution is 2.26. The fourth-order valence-corrected chi connectivity index (χ4v) is 2.99. The van der Waals surface area contributed by atoms with E-state index >= 15 is 0 Å². The van der Waals surface area contributed by atoms with Crippen molar-refractivity contribution >= 4 is 17.9 Å². The molecule has 6 heteroatoms. The number of aldehydes is 1. The van der Waals surface area contributed by atoms with Crippen LogP contribution in [0.5, 0.6) is 5.75 Å². The van der Waals surface area contributed by atoms with Gasteiger partial charge >= 0.3 is 5.97 Å². The van der Waals surface area contributed by atoms with Gasteiger partial charge in [0.2, 0.25) is 0 Å². The molecule has 1 unspecified atom stereocenters. The Morgan fingerprint density at radius 2 is 1.82 bits per heavy atom. The molecule has 0 saturated carbocycles. The minimum absolute atomic E-state index is 0.239. The van der Waals surface area contributed by atoms with Crippen molar-refractivity contribution in [3.05, 3.63) is 72.6 Å². The number of hydrogen-bond donors (Lipinski definition) is 0. The van der Waals surface area contributed by atoms with E-state index in [1.54, 1.807) is 6.92 Å². The molecule has 28 heavy (non-hydrogen) atoms. The molecule has 3 rings (SSSR count). The monoisotopic (exact) mass is 380 g/mol. The van der Waals surface area contributed by atoms with Crippen molar-refractivity contribution in [2.75, 3.05) is 18.1 Å². The molecule has 1 aliphatic heterocycles. The normalized spacial score (nSPS) is 15.5. The van der Waals surface area contributed by atoms with E-state index in [2.05, 4.69) is 0 Å². The SMILES string of the molecule is CCOC(=O)CCN1C=CN(c2ccc(OCc3ccccc3)cc2)C1C=O. The lowest BCUT2D eigenvalue weighted by atomic mass is 10.2. The first-order chi connectivity index (χ1) is 13.7. The third-order valence-electron chi connectivity index (χ3n) is 4.43. The summed E-state index contributed by atoms with van der Waals surface area (Å²) in [6.07, 6.45) is 4.28. The van der Waals surface area contributed by atoms with Crippen LogP contribution in [0.2, 0.25) is 0 Å². The number of nitrogens with zero attached hydrogens (tertiary/aromatic N) is 2. The average Bonchev–Trinajstić information content (AvgIpc) is 3.15. The number of carbonyl (C=O) groups is 2. The smallest absolute Gasteiger partial charge is 0.307 e. The van der Waals surface area contributed by atoms with Crippen LogP contribution in [-0.2, 0) is 20.9 Å². The summed E-state index contributed by atoms with van der Waals surface area (Å²) < 4.78 is 10.7. The van der Waals surface area contributed by atoms with Crippen molar-refractivity contribution in [2.24, 2.45) is 0 Å². The Labute approximate surface area is 165 Å². The fraction of sp³-hybridized carbons (Fsp3) is 0.273. The van der Waals surface area contributed by atoms with Crippen molar-refractivity contribution < 1.29 is 19.1 Å². The summed E-state index contributed by atoms with van der Waals surface area (Å²) in [4.78, 5) is 26.9. The molecule has 0 aromatic heterocycles. The molecule has 2 aromatic carbocycles. The summed E-state index contributed by atoms with van der Waals surface area (Å²) in [7, 11) is 0. The lowest BCUT2D eigenvalue weighted by Gasteiger charge is -2.28. The van der Waals surface area contributed by atoms with Crippen molar-refractivity contribution in [1.82, 2.24) is 4.90 Å². The molecule has 146 valence electrons. The van der Waals surface area contributed by atoms with Crippen LogP contribution < -0.4 is 9.64 Å². The van der Waals surface area contributed by atoms with Crippen LogP contribution in [-0.4, -0.2) is 36.5 Å². The van der Waals surface area contributed by atoms with E-state index in [1.165, 1.54) is 0 Å². The van der Waals surface area contributed by atoms with E-state index in [0.717, 1.165) is 23.3 Å². The van der Waals surface area contributed by atoms with Gasteiger partial charge in [0, 0.05) is 24.6 Å². The highest BCUT2D eigenvalue weighted by atomic mass is 16.5. The quantitative estimate of drug-likeness (QED) is 0.491. The number of hydrogen-bond acceptors (Lipinski definition) is 6. The molecule has 0 amide bonds. The van der Waals surface area contributed by atoms with Gasteiger partial charge in [-0.1, -0.05) is 30.3 Å². The van der Waals surface area contributed by atoms with Gasteiger partial charge in [-0.15, -0.1) is 0 Å². The van der Waals surface area contributed by atoms with Gasteiger partial charge in [-0.05, 0) is 36.8 Å². The van der Waals surface area contributed by atoms with Gasteiger partial charge in [-0.2, -0.15) is 0 Å². The van der Waals surface area contributed by atoms with Gasteiger partial charge in [-0.3, -0.25) is 9.59 Å². The van der Waals surface area contributed by atoms with Crippen LogP contribution in [0.4, 0.5) is 5.69 Å². The highest BCUT2D eigenvalue weighted by molar-refractivity contribution is 5.71. The molecule has 0 radical (unpaired) electrons. The molecular formula is C22H24N2O4. The molecule has 0 saturated heterocycles. The number of esters is 1. The molecule has 1 atom stereocenters. The molecule has 0 bridgehead atoms. The molecule has 0 N–H and O–H groups in total. The maximum Gasteiger partial charge on any atom is 0.307 e. The Balaban J connectivity index is 1.57. The van der Waals surface area contributed by atoms with E-state index in [4.69, 9.17) is 9.47 Å². The van der Waals surface area contributed by atoms with Crippen molar-refractivity contribution in [1.29, 1.82) is 0 Å². The first-order valence-electron chi connectivity index (χ1n) is 9.31. The van der Waals surface area contributed by atoms with Crippen molar-refractivity contribution in [3.8, 4) is 5.75 Å². The lowest BCUT2D eigenvalue weighted by molar-refractivity contribution is -0.143. The summed E-state index contributed by atoms with van der Waals surface area (Å²) in [5.41, 5.74) is 1.98. The second-order valence-corrected chi connectivity index (χ2v) is 6.32. The third-order valence-corrected chi connectivity index (χ3v) is 4.43. The molecule has 0 fully saturated rings. The largest absolute Gasteiger partial charge is 0.489 e. The first-order valence-corrected chi connectivity index (χ1v) is 9.31. The highest BCUT2D eigenvalue weighted by Gasteiger charge is 2.27. The summed E-state index contributed by atoms with van der Waals surface area (Å²) >= 11 is 0. The minimum Gasteiger partial charge on any atom is -0.489 e. The van der Waals surface area contributed by atoms with Crippen LogP contribution >= 0.6 is 0 Å². The number of anilines is 1. The van der Waals surface area contributed by atoms with Gasteiger partial charge in [0.25, 0.3) is 0 Å². The van der Waals surface area contributed by atoms with Crippen molar-refractivity contribution in [3.63, 3.8) is 0 Å². The predicted octanol–water partition coefficient (Wildman–Crippen LogP) is 3.34. The Hall–Kier alpha value is -3.28. The molecular weight excluding hydrogens is 356 g/mol. The molecule has 0 aliphatic carbocycles. The number of rotatable bonds is 9. The van der Waals surface area contributed by atoms with Gasteiger partial charge in [0.15, 0.2) is 12.5 Å². The molecule has 0 spiro atoms. The number of carbonyl (C=O) groups excluding carboxylic acids is 2. The Kier molecular flexibility index (Phi) is 6.68. The second-order valence-electron chi connectivity index (χ2n) is 6.32. The van der Waals surface area contributed by atoms with E-state index in [-0.39, 0.29) is 12.4 Å². The van der Waals surface area contributed by atoms with E-state index in [1.807, 2.05) is 76.8 Å². The lowest BCUT2D eigenvalue weighted by Crippen LogP contribution is -2.40. The summed E-state index contributed by atoms with van der Waals surface area (Å²) in [5.74, 6) is 0.497. The molecule has 1 aliphatic rings. The maximum atomic E-state index is 11.6. The molecule has 2 aromatic rings. The van der Waals surface area contributed by atoms with Crippen LogP contribution in [0.15, 0.2) is 67.0 Å². The summed E-state index contributed by atoms with van der Waals surface area (Å²) in [6, 6.07) is 17.6. The first kappa shape index (κ1) is 19.5. The van der Waals surface area contributed by atoms with Crippen LogP contribution in [0.3, 0.4) is 0 Å². The zero-order valence-electron chi connectivity index (χ0n) is 15.9. The standard InChI is InChI=1S/C22H24N2O4/c1-2-27-22(26)12-13-23-14-15-24(21(23)16-25)19-8-10-20(11-9-19)28-17-18-6-4-3-5-7-18/h3-11,14-16,21H,2,12-13,17H2,1H3. The van der Waals surface area contributed by atoms with E-state index in [9.17, 15) is 9.59 Å². The number of ether oxygens (including phenoxy) is 2. The van der Waals surface area contributed by atoms with Crippen LogP contribution in [0.1, 0.15) is 18.9 Å². The van der Waals surface area contributed by atoms with E-state index < -0.39 is 6.17 Å². The zero-order valence-corrected chi connectivity index (χ0v) is 15.9. The number of benzene rings is 2. The predicted molar refractivity (Wildman–Crippen MR) is 107 cm³/mol. The minimum atomic E-state index is -0.481. The summed E-state index contributed by atoms with van der Waals surface area (Å²) in [5, 5.41) is 0. The molecule has 6 nitrogen and oxygen atoms in total. The maximum absolute atomic E-state index is 11.6. The fourth-order valence-electron chi connectivity index (χ4n) is 2.99. The van der Waals surface area contributed by atoms with Gasteiger partial charge < -0.3 is 19.3 Å². The molecule has 1 heterocycles. The Morgan fingerprint density at radius 1 is 1.07 bits per heavy atom. The topological polar surface area (TPSA) is 59.1 Å². The summed E-state index contributed by atoms with van der Waals surface area (Å²) in [6.45, 7) is 3.06. The van der Waals surface area contributed by atoms with Crippen molar-refractivity contribution in [2.45, 2.75) is 26.1 Å². The van der Waals surface area contributed by atoms with Gasteiger partial charge in [-0.25, -0.2) is 0 Å². The zero-order chi connectivity index (χ0) is 19.8. The second kappa shape index (κ2) is 9.60.